The summed E-state index contributed by atoms with van der Waals surface area (Å²) in [5.74, 6) is 2.45. The van der Waals surface area contributed by atoms with Crippen LogP contribution in [-0.4, -0.2) is 59.5 Å². The molecule has 3 rings (SSSR count). The number of aryl methyl sites for hydroxylation is 1. The highest BCUT2D eigenvalue weighted by Gasteiger charge is 2.27. The zero-order valence-corrected chi connectivity index (χ0v) is 12.2. The molecule has 0 spiro atoms. The Morgan fingerprint density at radius 2 is 2.35 bits per heavy atom. The van der Waals surface area contributed by atoms with Gasteiger partial charge in [-0.1, -0.05) is 6.92 Å². The van der Waals surface area contributed by atoms with Crippen LogP contribution < -0.4 is 0 Å². The monoisotopic (exact) mass is 280 g/mol. The van der Waals surface area contributed by atoms with Gasteiger partial charge in [0.05, 0.1) is 13.2 Å². The van der Waals surface area contributed by atoms with Crippen molar-refractivity contribution in [2.45, 2.75) is 32.3 Å². The number of rotatable bonds is 5. The lowest BCUT2D eigenvalue weighted by molar-refractivity contribution is -0.0388. The van der Waals surface area contributed by atoms with Gasteiger partial charge in [0.25, 0.3) is 0 Å². The van der Waals surface area contributed by atoms with Gasteiger partial charge in [-0.3, -0.25) is 10.00 Å². The van der Waals surface area contributed by atoms with Crippen LogP contribution in [0.3, 0.4) is 0 Å². The number of H-pyrrole nitrogens is 1. The summed E-state index contributed by atoms with van der Waals surface area (Å²) in [5, 5.41) is 7.32. The first kappa shape index (κ1) is 14.0. The van der Waals surface area contributed by atoms with Crippen molar-refractivity contribution in [3.8, 4) is 0 Å². The van der Waals surface area contributed by atoms with Gasteiger partial charge in [-0.15, -0.1) is 0 Å². The normalized spacial score (nSPS) is 28.1. The van der Waals surface area contributed by atoms with Gasteiger partial charge in [0.15, 0.2) is 5.82 Å². The third kappa shape index (κ3) is 3.37. The summed E-state index contributed by atoms with van der Waals surface area (Å²) in [6, 6.07) is 0. The van der Waals surface area contributed by atoms with E-state index in [1.54, 1.807) is 0 Å². The van der Waals surface area contributed by atoms with Gasteiger partial charge in [-0.05, 0) is 18.8 Å². The molecular weight excluding hydrogens is 256 g/mol. The number of hydrogen-bond donors (Lipinski definition) is 1. The Morgan fingerprint density at radius 1 is 1.40 bits per heavy atom. The van der Waals surface area contributed by atoms with Crippen molar-refractivity contribution in [1.82, 2.24) is 20.1 Å². The molecule has 0 aliphatic carbocycles. The fraction of sp³-hybridized carbons (Fsp3) is 0.857. The van der Waals surface area contributed by atoms with E-state index in [1.165, 1.54) is 6.42 Å². The molecule has 2 atom stereocenters. The smallest absolute Gasteiger partial charge is 0.180 e. The zero-order chi connectivity index (χ0) is 13.8. The van der Waals surface area contributed by atoms with Crippen LogP contribution in [0.2, 0.25) is 0 Å². The van der Waals surface area contributed by atoms with Crippen molar-refractivity contribution in [2.75, 3.05) is 39.5 Å². The van der Waals surface area contributed by atoms with Crippen LogP contribution in [0.4, 0.5) is 0 Å². The number of aromatic nitrogens is 3. The second-order valence-electron chi connectivity index (χ2n) is 5.74. The third-order valence-corrected chi connectivity index (χ3v) is 4.01. The largest absolute Gasteiger partial charge is 0.381 e. The van der Waals surface area contributed by atoms with Crippen molar-refractivity contribution in [2.24, 2.45) is 5.92 Å². The molecule has 0 unspecified atom stereocenters. The summed E-state index contributed by atoms with van der Waals surface area (Å²) in [6.45, 7) is 7.72. The Hall–Kier alpha value is -0.980. The Labute approximate surface area is 119 Å². The highest BCUT2D eigenvalue weighted by molar-refractivity contribution is 4.97. The lowest BCUT2D eigenvalue weighted by Gasteiger charge is -2.32. The molecule has 3 heterocycles. The molecule has 2 aliphatic rings. The van der Waals surface area contributed by atoms with Gasteiger partial charge >= 0.3 is 0 Å². The van der Waals surface area contributed by atoms with E-state index >= 15 is 0 Å². The molecule has 0 saturated carbocycles. The molecular formula is C14H24N4O2. The second-order valence-corrected chi connectivity index (χ2v) is 5.74. The van der Waals surface area contributed by atoms with Gasteiger partial charge in [0, 0.05) is 32.7 Å². The number of nitrogens with one attached hydrogen (secondary N) is 1. The van der Waals surface area contributed by atoms with E-state index in [-0.39, 0.29) is 6.10 Å². The number of hydrogen-bond acceptors (Lipinski definition) is 5. The summed E-state index contributed by atoms with van der Waals surface area (Å²) >= 11 is 0. The van der Waals surface area contributed by atoms with Gasteiger partial charge in [-0.2, -0.15) is 5.10 Å². The molecule has 112 valence electrons. The molecule has 0 radical (unpaired) electrons. The van der Waals surface area contributed by atoms with Gasteiger partial charge in [0.2, 0.25) is 0 Å². The van der Waals surface area contributed by atoms with Crippen LogP contribution in [-0.2, 0) is 15.9 Å². The maximum Gasteiger partial charge on any atom is 0.180 e. The summed E-state index contributed by atoms with van der Waals surface area (Å²) in [4.78, 5) is 7.01. The average Bonchev–Trinajstić information content (AvgIpc) is 3.11. The number of nitrogens with zero attached hydrogens (tertiary/aromatic N) is 3. The molecule has 0 bridgehead atoms. The summed E-state index contributed by atoms with van der Waals surface area (Å²) < 4.78 is 11.3. The van der Waals surface area contributed by atoms with Crippen LogP contribution in [0.25, 0.3) is 0 Å². The van der Waals surface area contributed by atoms with E-state index in [4.69, 9.17) is 9.47 Å². The molecule has 2 aliphatic heterocycles. The van der Waals surface area contributed by atoms with Gasteiger partial charge < -0.3 is 9.47 Å². The minimum Gasteiger partial charge on any atom is -0.381 e. The van der Waals surface area contributed by atoms with Gasteiger partial charge in [-0.25, -0.2) is 4.98 Å². The van der Waals surface area contributed by atoms with Crippen LogP contribution in [0.5, 0.6) is 0 Å². The molecule has 6 heteroatoms. The number of morpholine rings is 1. The standard InChI is InChI=1S/C14H24N4O2/c1-2-3-13-15-14(17-16-13)12-9-18(5-7-20-12)8-11-4-6-19-10-11/h11-12H,2-10H2,1H3,(H,15,16,17)/t11-,12+/m1/s1. The van der Waals surface area contributed by atoms with E-state index in [1.807, 2.05) is 0 Å². The molecule has 2 fully saturated rings. The summed E-state index contributed by atoms with van der Waals surface area (Å²) in [5.41, 5.74) is 0. The minimum absolute atomic E-state index is 0.00734. The Morgan fingerprint density at radius 3 is 3.15 bits per heavy atom. The van der Waals surface area contributed by atoms with Crippen LogP contribution >= 0.6 is 0 Å². The molecule has 6 nitrogen and oxygen atoms in total. The molecule has 20 heavy (non-hydrogen) atoms. The highest BCUT2D eigenvalue weighted by atomic mass is 16.5. The SMILES string of the molecule is CCCc1nc([C@@H]2CN(C[C@H]3CCOC3)CCO2)n[nH]1. The molecule has 2 saturated heterocycles. The van der Waals surface area contributed by atoms with E-state index in [0.717, 1.165) is 63.9 Å². The first-order valence-corrected chi connectivity index (χ1v) is 7.68. The Kier molecular flexibility index (Phi) is 4.65. The predicted octanol–water partition coefficient (Wildman–Crippen LogP) is 1.17. The van der Waals surface area contributed by atoms with Crippen molar-refractivity contribution in [3.05, 3.63) is 11.6 Å². The predicted molar refractivity (Wildman–Crippen MR) is 74.4 cm³/mol. The van der Waals surface area contributed by atoms with Crippen LogP contribution in [0.15, 0.2) is 0 Å². The summed E-state index contributed by atoms with van der Waals surface area (Å²) in [6.07, 6.45) is 3.22. The molecule has 0 amide bonds. The molecule has 1 aromatic rings. The minimum atomic E-state index is 0.00734. The maximum absolute atomic E-state index is 5.83. The lowest BCUT2D eigenvalue weighted by atomic mass is 10.1. The first-order chi connectivity index (χ1) is 9.85. The topological polar surface area (TPSA) is 63.3 Å². The van der Waals surface area contributed by atoms with E-state index in [9.17, 15) is 0 Å². The fourth-order valence-corrected chi connectivity index (χ4v) is 2.92. The highest BCUT2D eigenvalue weighted by Crippen LogP contribution is 2.22. The average molecular weight is 280 g/mol. The van der Waals surface area contributed by atoms with Gasteiger partial charge in [0.1, 0.15) is 11.9 Å². The van der Waals surface area contributed by atoms with Crippen molar-refractivity contribution >= 4 is 0 Å². The first-order valence-electron chi connectivity index (χ1n) is 7.68. The van der Waals surface area contributed by atoms with Crippen LogP contribution in [0.1, 0.15) is 37.5 Å². The third-order valence-electron chi connectivity index (χ3n) is 4.01. The maximum atomic E-state index is 5.83. The lowest BCUT2D eigenvalue weighted by Crippen LogP contribution is -2.41. The van der Waals surface area contributed by atoms with E-state index in [0.29, 0.717) is 5.92 Å². The van der Waals surface area contributed by atoms with E-state index in [2.05, 4.69) is 27.0 Å². The number of aromatic amines is 1. The quantitative estimate of drug-likeness (QED) is 0.877. The second kappa shape index (κ2) is 6.65. The van der Waals surface area contributed by atoms with Crippen molar-refractivity contribution in [1.29, 1.82) is 0 Å². The van der Waals surface area contributed by atoms with Crippen LogP contribution in [0, 0.1) is 5.92 Å². The zero-order valence-electron chi connectivity index (χ0n) is 12.2. The van der Waals surface area contributed by atoms with Crippen molar-refractivity contribution in [3.63, 3.8) is 0 Å². The molecule has 1 N–H and O–H groups in total. The Balaban J connectivity index is 1.56. The molecule has 0 aromatic carbocycles. The Bertz CT molecular complexity index is 417. The summed E-state index contributed by atoms with van der Waals surface area (Å²) in [7, 11) is 0. The molecule has 1 aromatic heterocycles. The van der Waals surface area contributed by atoms with E-state index < -0.39 is 0 Å². The fourth-order valence-electron chi connectivity index (χ4n) is 2.92. The van der Waals surface area contributed by atoms with Crippen molar-refractivity contribution < 1.29 is 9.47 Å². The number of ether oxygens (including phenoxy) is 2.